The number of aromatic nitrogens is 1. The highest BCUT2D eigenvalue weighted by atomic mass is 15.2. The molecule has 0 amide bonds. The van der Waals surface area contributed by atoms with E-state index in [9.17, 15) is 0 Å². The topological polar surface area (TPSA) is 28.2 Å². The number of anilines is 1. The van der Waals surface area contributed by atoms with Gasteiger partial charge in [-0.3, -0.25) is 4.90 Å². The van der Waals surface area contributed by atoms with Crippen molar-refractivity contribution in [2.45, 2.75) is 32.2 Å². The Labute approximate surface area is 97.9 Å². The zero-order valence-electron chi connectivity index (χ0n) is 10.2. The third kappa shape index (κ3) is 2.19. The number of nitrogens with one attached hydrogen (secondary N) is 1. The molecule has 1 aliphatic rings. The van der Waals surface area contributed by atoms with Crippen LogP contribution in [0.15, 0.2) is 18.3 Å². The van der Waals surface area contributed by atoms with E-state index < -0.39 is 0 Å². The van der Waals surface area contributed by atoms with E-state index in [0.717, 1.165) is 12.4 Å². The van der Waals surface area contributed by atoms with Gasteiger partial charge in [0.05, 0.1) is 0 Å². The lowest BCUT2D eigenvalue weighted by atomic mass is 9.95. The summed E-state index contributed by atoms with van der Waals surface area (Å²) in [6.07, 6.45) is 5.78. The van der Waals surface area contributed by atoms with Crippen molar-refractivity contribution in [2.24, 2.45) is 0 Å². The molecule has 0 bridgehead atoms. The fraction of sp³-hybridized carbons (Fsp3) is 0.615. The number of rotatable bonds is 3. The maximum Gasteiger partial charge on any atom is 0.130 e. The van der Waals surface area contributed by atoms with E-state index >= 15 is 0 Å². The lowest BCUT2D eigenvalue weighted by molar-refractivity contribution is 0.157. The van der Waals surface area contributed by atoms with Crippen molar-refractivity contribution in [1.29, 1.82) is 0 Å². The van der Waals surface area contributed by atoms with E-state index in [1.165, 1.54) is 31.4 Å². The average molecular weight is 219 g/mol. The summed E-state index contributed by atoms with van der Waals surface area (Å²) in [5.41, 5.74) is 1.35. The van der Waals surface area contributed by atoms with Gasteiger partial charge in [0, 0.05) is 24.8 Å². The molecule has 1 aromatic rings. The average Bonchev–Trinajstić information content (AvgIpc) is 2.38. The van der Waals surface area contributed by atoms with Crippen LogP contribution in [0.2, 0.25) is 0 Å². The molecule has 1 aromatic heterocycles. The highest BCUT2D eigenvalue weighted by Gasteiger charge is 2.24. The van der Waals surface area contributed by atoms with Gasteiger partial charge in [-0.2, -0.15) is 0 Å². The minimum Gasteiger partial charge on any atom is -0.373 e. The van der Waals surface area contributed by atoms with Crippen LogP contribution in [0.5, 0.6) is 0 Å². The molecule has 1 atom stereocenters. The van der Waals surface area contributed by atoms with E-state index in [4.69, 9.17) is 0 Å². The second-order valence-electron chi connectivity index (χ2n) is 4.33. The summed E-state index contributed by atoms with van der Waals surface area (Å²) < 4.78 is 0. The van der Waals surface area contributed by atoms with Gasteiger partial charge in [0.1, 0.15) is 5.82 Å². The van der Waals surface area contributed by atoms with Crippen LogP contribution in [0.1, 0.15) is 37.8 Å². The van der Waals surface area contributed by atoms with Crippen molar-refractivity contribution in [3.8, 4) is 0 Å². The Balaban J connectivity index is 2.26. The van der Waals surface area contributed by atoms with Crippen LogP contribution < -0.4 is 5.32 Å². The van der Waals surface area contributed by atoms with Gasteiger partial charge in [-0.1, -0.05) is 19.4 Å². The molecule has 16 heavy (non-hydrogen) atoms. The number of piperidine rings is 1. The molecule has 0 saturated carbocycles. The van der Waals surface area contributed by atoms with Crippen molar-refractivity contribution in [2.75, 3.05) is 25.5 Å². The Hall–Kier alpha value is -1.09. The molecular weight excluding hydrogens is 198 g/mol. The van der Waals surface area contributed by atoms with Crippen molar-refractivity contribution in [3.63, 3.8) is 0 Å². The Morgan fingerprint density at radius 1 is 1.50 bits per heavy atom. The summed E-state index contributed by atoms with van der Waals surface area (Å²) in [6.45, 7) is 4.59. The maximum absolute atomic E-state index is 4.40. The molecule has 88 valence electrons. The standard InChI is InChI=1S/C13H21N3/c1-3-16-10-5-4-8-12(16)11-7-6-9-15-13(11)14-2/h6-7,9,12H,3-5,8,10H2,1-2H3,(H,14,15). The van der Waals surface area contributed by atoms with E-state index in [2.05, 4.69) is 28.2 Å². The van der Waals surface area contributed by atoms with Crippen LogP contribution in [-0.4, -0.2) is 30.0 Å². The fourth-order valence-corrected chi connectivity index (χ4v) is 2.62. The molecular formula is C13H21N3. The molecule has 1 fully saturated rings. The predicted molar refractivity (Wildman–Crippen MR) is 67.6 cm³/mol. The molecule has 1 unspecified atom stereocenters. The van der Waals surface area contributed by atoms with Crippen LogP contribution in [-0.2, 0) is 0 Å². The smallest absolute Gasteiger partial charge is 0.130 e. The minimum atomic E-state index is 0.551. The molecule has 0 aliphatic carbocycles. The monoisotopic (exact) mass is 219 g/mol. The number of nitrogens with zero attached hydrogens (tertiary/aromatic N) is 2. The molecule has 1 aliphatic heterocycles. The zero-order valence-corrected chi connectivity index (χ0v) is 10.2. The van der Waals surface area contributed by atoms with Gasteiger partial charge < -0.3 is 5.32 Å². The Bertz CT molecular complexity index is 338. The molecule has 0 spiro atoms. The predicted octanol–water partition coefficient (Wildman–Crippen LogP) is 2.67. The summed E-state index contributed by atoms with van der Waals surface area (Å²) in [4.78, 5) is 6.96. The van der Waals surface area contributed by atoms with Crippen LogP contribution in [0.25, 0.3) is 0 Å². The fourth-order valence-electron chi connectivity index (χ4n) is 2.62. The first-order valence-electron chi connectivity index (χ1n) is 6.23. The maximum atomic E-state index is 4.40. The number of hydrogen-bond acceptors (Lipinski definition) is 3. The van der Waals surface area contributed by atoms with E-state index in [1.807, 2.05) is 19.3 Å². The van der Waals surface area contributed by atoms with Gasteiger partial charge in [-0.05, 0) is 32.0 Å². The van der Waals surface area contributed by atoms with Crippen molar-refractivity contribution in [3.05, 3.63) is 23.9 Å². The lowest BCUT2D eigenvalue weighted by Crippen LogP contribution is -2.33. The Morgan fingerprint density at radius 2 is 2.38 bits per heavy atom. The first-order chi connectivity index (χ1) is 7.86. The van der Waals surface area contributed by atoms with Crippen LogP contribution in [0.3, 0.4) is 0 Å². The highest BCUT2D eigenvalue weighted by Crippen LogP contribution is 2.33. The second kappa shape index (κ2) is 5.30. The molecule has 3 heteroatoms. The minimum absolute atomic E-state index is 0.551. The van der Waals surface area contributed by atoms with E-state index in [0.29, 0.717) is 6.04 Å². The van der Waals surface area contributed by atoms with Gasteiger partial charge >= 0.3 is 0 Å². The SMILES string of the molecule is CCN1CCCCC1c1cccnc1NC. The molecule has 2 heterocycles. The summed E-state index contributed by atoms with van der Waals surface area (Å²) in [6, 6.07) is 4.80. The summed E-state index contributed by atoms with van der Waals surface area (Å²) >= 11 is 0. The largest absolute Gasteiger partial charge is 0.373 e. The van der Waals surface area contributed by atoms with Gasteiger partial charge in [-0.25, -0.2) is 4.98 Å². The molecule has 2 rings (SSSR count). The Morgan fingerprint density at radius 3 is 3.12 bits per heavy atom. The second-order valence-corrected chi connectivity index (χ2v) is 4.33. The van der Waals surface area contributed by atoms with Gasteiger partial charge in [0.25, 0.3) is 0 Å². The van der Waals surface area contributed by atoms with Gasteiger partial charge in [0.15, 0.2) is 0 Å². The van der Waals surface area contributed by atoms with Gasteiger partial charge in [0.2, 0.25) is 0 Å². The van der Waals surface area contributed by atoms with Crippen LogP contribution in [0.4, 0.5) is 5.82 Å². The van der Waals surface area contributed by atoms with Crippen LogP contribution >= 0.6 is 0 Å². The summed E-state index contributed by atoms with van der Waals surface area (Å²) in [5.74, 6) is 1.04. The zero-order chi connectivity index (χ0) is 11.4. The van der Waals surface area contributed by atoms with E-state index in [1.54, 1.807) is 0 Å². The molecule has 1 saturated heterocycles. The third-order valence-corrected chi connectivity index (χ3v) is 3.45. The highest BCUT2D eigenvalue weighted by molar-refractivity contribution is 5.45. The molecule has 1 N–H and O–H groups in total. The number of likely N-dealkylation sites (tertiary alicyclic amines) is 1. The normalized spacial score (nSPS) is 22.0. The van der Waals surface area contributed by atoms with E-state index in [-0.39, 0.29) is 0 Å². The van der Waals surface area contributed by atoms with Crippen LogP contribution in [0, 0.1) is 0 Å². The quantitative estimate of drug-likeness (QED) is 0.847. The molecule has 3 nitrogen and oxygen atoms in total. The third-order valence-electron chi connectivity index (χ3n) is 3.45. The lowest BCUT2D eigenvalue weighted by Gasteiger charge is -2.35. The first kappa shape index (κ1) is 11.4. The molecule has 0 aromatic carbocycles. The summed E-state index contributed by atoms with van der Waals surface area (Å²) in [7, 11) is 1.95. The van der Waals surface area contributed by atoms with Crippen molar-refractivity contribution >= 4 is 5.82 Å². The Kier molecular flexibility index (Phi) is 3.78. The molecule has 0 radical (unpaired) electrons. The van der Waals surface area contributed by atoms with Crippen molar-refractivity contribution in [1.82, 2.24) is 9.88 Å². The number of pyridine rings is 1. The van der Waals surface area contributed by atoms with Crippen molar-refractivity contribution < 1.29 is 0 Å². The summed E-state index contributed by atoms with van der Waals surface area (Å²) in [5, 5.41) is 3.20. The first-order valence-corrected chi connectivity index (χ1v) is 6.23. The number of hydrogen-bond donors (Lipinski definition) is 1. The van der Waals surface area contributed by atoms with Gasteiger partial charge in [-0.15, -0.1) is 0 Å².